The van der Waals surface area contributed by atoms with E-state index in [2.05, 4.69) is 10.0 Å². The summed E-state index contributed by atoms with van der Waals surface area (Å²) in [5, 5.41) is 13.4. The third-order valence-electron chi connectivity index (χ3n) is 3.32. The summed E-state index contributed by atoms with van der Waals surface area (Å²) in [5.74, 6) is 0. The van der Waals surface area contributed by atoms with E-state index in [0.717, 1.165) is 0 Å². The number of nitrogens with zero attached hydrogens (tertiary/aromatic N) is 1. The third kappa shape index (κ3) is 3.75. The summed E-state index contributed by atoms with van der Waals surface area (Å²) in [6.07, 6.45) is 1.18. The number of rotatable bonds is 5. The van der Waals surface area contributed by atoms with Crippen molar-refractivity contribution >= 4 is 15.7 Å². The van der Waals surface area contributed by atoms with Crippen LogP contribution in [0.1, 0.15) is 18.4 Å². The van der Waals surface area contributed by atoms with Gasteiger partial charge in [0.1, 0.15) is 0 Å². The van der Waals surface area contributed by atoms with E-state index in [1.165, 1.54) is 12.1 Å². The molecule has 0 radical (unpaired) electrons. The molecular weight excluding hydrogens is 282 g/mol. The minimum absolute atomic E-state index is 0.0384. The van der Waals surface area contributed by atoms with Gasteiger partial charge in [-0.2, -0.15) is 0 Å². The number of nitro groups is 1. The fraction of sp³-hybridized carbons (Fsp3) is 0.500. The standard InChI is InChI=1S/C12H17N3O4S/c16-15(17)11-3-1-2-10(8-11)9-14-20(18,19)12-4-6-13-7-5-12/h1-3,8,12-14H,4-7,9H2. The zero-order valence-corrected chi connectivity index (χ0v) is 11.7. The fourth-order valence-electron chi connectivity index (χ4n) is 2.19. The van der Waals surface area contributed by atoms with Crippen LogP contribution in [0.15, 0.2) is 24.3 Å². The van der Waals surface area contributed by atoms with Gasteiger partial charge in [0.15, 0.2) is 0 Å². The van der Waals surface area contributed by atoms with Crippen LogP contribution >= 0.6 is 0 Å². The molecule has 1 aromatic carbocycles. The molecule has 1 fully saturated rings. The van der Waals surface area contributed by atoms with Crippen molar-refractivity contribution in [2.45, 2.75) is 24.6 Å². The van der Waals surface area contributed by atoms with Crippen molar-refractivity contribution in [3.05, 3.63) is 39.9 Å². The van der Waals surface area contributed by atoms with Crippen LogP contribution in [0.2, 0.25) is 0 Å². The molecule has 2 N–H and O–H groups in total. The Kier molecular flexibility index (Phi) is 4.69. The maximum Gasteiger partial charge on any atom is 0.269 e. The molecule has 7 nitrogen and oxygen atoms in total. The highest BCUT2D eigenvalue weighted by atomic mass is 32.2. The Morgan fingerprint density at radius 1 is 1.35 bits per heavy atom. The summed E-state index contributed by atoms with van der Waals surface area (Å²) in [5.41, 5.74) is 0.542. The highest BCUT2D eigenvalue weighted by Crippen LogP contribution is 2.15. The largest absolute Gasteiger partial charge is 0.317 e. The van der Waals surface area contributed by atoms with Crippen molar-refractivity contribution in [2.75, 3.05) is 13.1 Å². The molecule has 0 aromatic heterocycles. The Morgan fingerprint density at radius 3 is 2.70 bits per heavy atom. The normalized spacial score (nSPS) is 17.0. The predicted octanol–water partition coefficient (Wildman–Crippen LogP) is 0.766. The van der Waals surface area contributed by atoms with E-state index in [1.54, 1.807) is 12.1 Å². The summed E-state index contributed by atoms with van der Waals surface area (Å²) in [7, 11) is -3.37. The molecule has 20 heavy (non-hydrogen) atoms. The smallest absolute Gasteiger partial charge is 0.269 e. The summed E-state index contributed by atoms with van der Waals surface area (Å²) in [6.45, 7) is 1.47. The minimum atomic E-state index is -3.37. The zero-order chi connectivity index (χ0) is 14.6. The average Bonchev–Trinajstić information content (AvgIpc) is 2.46. The van der Waals surface area contributed by atoms with Crippen LogP contribution in [0.3, 0.4) is 0 Å². The van der Waals surface area contributed by atoms with Crippen molar-refractivity contribution in [2.24, 2.45) is 0 Å². The Hall–Kier alpha value is -1.51. The molecule has 0 spiro atoms. The number of hydrogen-bond donors (Lipinski definition) is 2. The highest BCUT2D eigenvalue weighted by Gasteiger charge is 2.26. The van der Waals surface area contributed by atoms with Gasteiger partial charge in [0, 0.05) is 18.7 Å². The van der Waals surface area contributed by atoms with Crippen molar-refractivity contribution in [3.63, 3.8) is 0 Å². The second-order valence-electron chi connectivity index (χ2n) is 4.74. The molecule has 0 unspecified atom stereocenters. The molecule has 110 valence electrons. The molecule has 0 aliphatic carbocycles. The Bertz CT molecular complexity index is 582. The molecule has 1 aromatic rings. The van der Waals surface area contributed by atoms with Gasteiger partial charge in [-0.15, -0.1) is 0 Å². The number of benzene rings is 1. The molecule has 1 aliphatic rings. The zero-order valence-electron chi connectivity index (χ0n) is 10.9. The monoisotopic (exact) mass is 299 g/mol. The molecule has 2 rings (SSSR count). The lowest BCUT2D eigenvalue weighted by atomic mass is 10.2. The first-order valence-corrected chi connectivity index (χ1v) is 7.96. The molecule has 0 amide bonds. The lowest BCUT2D eigenvalue weighted by molar-refractivity contribution is -0.384. The van der Waals surface area contributed by atoms with Gasteiger partial charge < -0.3 is 5.32 Å². The van der Waals surface area contributed by atoms with Gasteiger partial charge in [0.25, 0.3) is 5.69 Å². The number of piperidine rings is 1. The van der Waals surface area contributed by atoms with Crippen molar-refractivity contribution in [3.8, 4) is 0 Å². The molecule has 0 bridgehead atoms. The van der Waals surface area contributed by atoms with Gasteiger partial charge in [-0.1, -0.05) is 12.1 Å². The fourth-order valence-corrected chi connectivity index (χ4v) is 3.65. The maximum absolute atomic E-state index is 12.1. The molecule has 1 saturated heterocycles. The van der Waals surface area contributed by atoms with Crippen LogP contribution in [0, 0.1) is 10.1 Å². The molecular formula is C12H17N3O4S. The molecule has 8 heteroatoms. The first kappa shape index (κ1) is 14.9. The van der Waals surface area contributed by atoms with E-state index < -0.39 is 14.9 Å². The van der Waals surface area contributed by atoms with E-state index in [1.807, 2.05) is 0 Å². The Labute approximate surface area is 117 Å². The lowest BCUT2D eigenvalue weighted by Gasteiger charge is -2.22. The van der Waals surface area contributed by atoms with E-state index in [0.29, 0.717) is 31.5 Å². The SMILES string of the molecule is O=[N+]([O-])c1cccc(CNS(=O)(=O)C2CCNCC2)c1. The maximum atomic E-state index is 12.1. The number of nitro benzene ring substituents is 1. The summed E-state index contributed by atoms with van der Waals surface area (Å²) < 4.78 is 26.7. The van der Waals surface area contributed by atoms with Crippen LogP contribution < -0.4 is 10.0 Å². The van der Waals surface area contributed by atoms with Crippen molar-refractivity contribution < 1.29 is 13.3 Å². The van der Waals surface area contributed by atoms with E-state index in [4.69, 9.17) is 0 Å². The summed E-state index contributed by atoms with van der Waals surface area (Å²) >= 11 is 0. The molecule has 0 saturated carbocycles. The van der Waals surface area contributed by atoms with Gasteiger partial charge in [-0.05, 0) is 31.5 Å². The number of nitrogens with one attached hydrogen (secondary N) is 2. The summed E-state index contributed by atoms with van der Waals surface area (Å²) in [6, 6.07) is 5.97. The van der Waals surface area contributed by atoms with Crippen molar-refractivity contribution in [1.29, 1.82) is 0 Å². The van der Waals surface area contributed by atoms with Gasteiger partial charge in [0.2, 0.25) is 10.0 Å². The third-order valence-corrected chi connectivity index (χ3v) is 5.22. The van der Waals surface area contributed by atoms with E-state index >= 15 is 0 Å². The van der Waals surface area contributed by atoms with Crippen LogP contribution in [0.4, 0.5) is 5.69 Å². The van der Waals surface area contributed by atoms with E-state index in [9.17, 15) is 18.5 Å². The van der Waals surface area contributed by atoms with Gasteiger partial charge >= 0.3 is 0 Å². The highest BCUT2D eigenvalue weighted by molar-refractivity contribution is 7.90. The summed E-state index contributed by atoms with van der Waals surface area (Å²) in [4.78, 5) is 10.2. The first-order chi connectivity index (χ1) is 9.49. The van der Waals surface area contributed by atoms with Gasteiger partial charge in [0.05, 0.1) is 10.2 Å². The van der Waals surface area contributed by atoms with Crippen LogP contribution in [-0.4, -0.2) is 31.7 Å². The predicted molar refractivity (Wildman–Crippen MR) is 74.7 cm³/mol. The quantitative estimate of drug-likeness (QED) is 0.617. The van der Waals surface area contributed by atoms with Gasteiger partial charge in [-0.3, -0.25) is 10.1 Å². The molecule has 0 atom stereocenters. The number of hydrogen-bond acceptors (Lipinski definition) is 5. The van der Waals surface area contributed by atoms with Crippen LogP contribution in [0.25, 0.3) is 0 Å². The number of sulfonamides is 1. The van der Waals surface area contributed by atoms with Crippen molar-refractivity contribution in [1.82, 2.24) is 10.0 Å². The van der Waals surface area contributed by atoms with E-state index in [-0.39, 0.29) is 17.5 Å². The average molecular weight is 299 g/mol. The molecule has 1 aliphatic heterocycles. The Morgan fingerprint density at radius 2 is 2.05 bits per heavy atom. The lowest BCUT2D eigenvalue weighted by Crippen LogP contribution is -2.41. The van der Waals surface area contributed by atoms with Crippen LogP contribution in [0.5, 0.6) is 0 Å². The Balaban J connectivity index is 2.00. The van der Waals surface area contributed by atoms with Crippen LogP contribution in [-0.2, 0) is 16.6 Å². The minimum Gasteiger partial charge on any atom is -0.317 e. The second-order valence-corrected chi connectivity index (χ2v) is 6.79. The first-order valence-electron chi connectivity index (χ1n) is 6.41. The number of non-ortho nitro benzene ring substituents is 1. The topological polar surface area (TPSA) is 101 Å². The van der Waals surface area contributed by atoms with Gasteiger partial charge in [-0.25, -0.2) is 13.1 Å². The molecule has 1 heterocycles. The second kappa shape index (κ2) is 6.29.